The number of benzene rings is 1. The Kier molecular flexibility index (Phi) is 4.70. The van der Waals surface area contributed by atoms with E-state index in [9.17, 15) is 5.11 Å². The molecule has 0 saturated heterocycles. The minimum absolute atomic E-state index is 0.362. The van der Waals surface area contributed by atoms with Crippen LogP contribution in [0.1, 0.15) is 36.8 Å². The summed E-state index contributed by atoms with van der Waals surface area (Å²) in [5, 5.41) is 10.3. The van der Waals surface area contributed by atoms with E-state index in [4.69, 9.17) is 4.74 Å². The molecular weight excluding hydrogens is 286 g/mol. The van der Waals surface area contributed by atoms with Gasteiger partial charge in [-0.05, 0) is 54.6 Å². The fourth-order valence-corrected chi connectivity index (χ4v) is 5.00. The lowest BCUT2D eigenvalue weighted by Gasteiger charge is -2.30. The van der Waals surface area contributed by atoms with Crippen molar-refractivity contribution in [3.63, 3.8) is 0 Å². The van der Waals surface area contributed by atoms with E-state index < -0.39 is 0 Å². The predicted octanol–water partition coefficient (Wildman–Crippen LogP) is 2.86. The maximum Gasteiger partial charge on any atom is 0.0900 e. The molecule has 1 heterocycles. The third-order valence-corrected chi connectivity index (χ3v) is 6.21. The highest BCUT2D eigenvalue weighted by Gasteiger charge is 2.39. The van der Waals surface area contributed by atoms with Gasteiger partial charge in [-0.3, -0.25) is 4.90 Å². The van der Waals surface area contributed by atoms with Crippen molar-refractivity contribution in [1.29, 1.82) is 0 Å². The third kappa shape index (κ3) is 3.62. The van der Waals surface area contributed by atoms with E-state index in [1.807, 2.05) is 0 Å². The summed E-state index contributed by atoms with van der Waals surface area (Å²) in [6, 6.07) is 8.66. The van der Waals surface area contributed by atoms with Gasteiger partial charge in [-0.2, -0.15) is 0 Å². The van der Waals surface area contributed by atoms with E-state index in [1.54, 1.807) is 0 Å². The second-order valence-corrected chi connectivity index (χ2v) is 7.88. The number of aliphatic hydroxyl groups is 1. The lowest BCUT2D eigenvalue weighted by Crippen LogP contribution is -2.38. The van der Waals surface area contributed by atoms with Crippen molar-refractivity contribution in [2.24, 2.45) is 17.8 Å². The van der Waals surface area contributed by atoms with Gasteiger partial charge >= 0.3 is 0 Å². The van der Waals surface area contributed by atoms with Gasteiger partial charge in [0.1, 0.15) is 0 Å². The van der Waals surface area contributed by atoms with Crippen LogP contribution in [0.4, 0.5) is 0 Å². The van der Waals surface area contributed by atoms with Crippen molar-refractivity contribution in [3.05, 3.63) is 35.4 Å². The normalized spacial score (nSPS) is 31.3. The van der Waals surface area contributed by atoms with Crippen molar-refractivity contribution >= 4 is 0 Å². The monoisotopic (exact) mass is 315 g/mol. The molecule has 0 aromatic heterocycles. The molecule has 2 aliphatic carbocycles. The number of aliphatic hydroxyl groups excluding tert-OH is 1. The Morgan fingerprint density at radius 2 is 2.04 bits per heavy atom. The number of β-amino-alcohol motifs (C(OH)–C–C–N with tert-alkyl or cyclic N) is 1. The zero-order valence-electron chi connectivity index (χ0n) is 14.0. The van der Waals surface area contributed by atoms with Crippen LogP contribution in [0.15, 0.2) is 24.3 Å². The number of hydrogen-bond donors (Lipinski definition) is 1. The molecule has 2 fully saturated rings. The Labute approximate surface area is 139 Å². The van der Waals surface area contributed by atoms with Gasteiger partial charge in [0.2, 0.25) is 0 Å². The van der Waals surface area contributed by atoms with Gasteiger partial charge in [0.05, 0.1) is 12.7 Å². The van der Waals surface area contributed by atoms with Crippen molar-refractivity contribution < 1.29 is 9.84 Å². The molecule has 3 nitrogen and oxygen atoms in total. The maximum absolute atomic E-state index is 10.3. The van der Waals surface area contributed by atoms with Crippen LogP contribution in [0.5, 0.6) is 0 Å². The second-order valence-electron chi connectivity index (χ2n) is 7.88. The van der Waals surface area contributed by atoms with Crippen molar-refractivity contribution in [2.45, 2.75) is 44.8 Å². The molecule has 0 spiro atoms. The summed E-state index contributed by atoms with van der Waals surface area (Å²) < 4.78 is 5.87. The van der Waals surface area contributed by atoms with Crippen LogP contribution in [0.2, 0.25) is 0 Å². The Morgan fingerprint density at radius 1 is 1.17 bits per heavy atom. The summed E-state index contributed by atoms with van der Waals surface area (Å²) >= 11 is 0. The van der Waals surface area contributed by atoms with E-state index in [0.717, 1.165) is 50.4 Å². The van der Waals surface area contributed by atoms with Gasteiger partial charge in [0.25, 0.3) is 0 Å². The van der Waals surface area contributed by atoms with Crippen molar-refractivity contribution in [3.8, 4) is 0 Å². The topological polar surface area (TPSA) is 32.7 Å². The van der Waals surface area contributed by atoms with E-state index in [0.29, 0.717) is 6.61 Å². The van der Waals surface area contributed by atoms with Gasteiger partial charge in [-0.25, -0.2) is 0 Å². The molecule has 23 heavy (non-hydrogen) atoms. The standard InChI is InChI=1S/C20H29NO2/c22-20(14-23-13-19-10-15-5-6-17(19)9-15)12-21-8-7-16-3-1-2-4-18(16)11-21/h1-4,15,17,19-20,22H,5-14H2/t15-,17-,19-,20-/m0/s1. The minimum atomic E-state index is -0.362. The lowest BCUT2D eigenvalue weighted by atomic mass is 9.90. The Balaban J connectivity index is 1.18. The number of hydrogen-bond acceptors (Lipinski definition) is 3. The molecular formula is C20H29NO2. The fraction of sp³-hybridized carbons (Fsp3) is 0.700. The first-order chi connectivity index (χ1) is 11.3. The van der Waals surface area contributed by atoms with E-state index in [-0.39, 0.29) is 6.10 Å². The molecule has 2 bridgehead atoms. The van der Waals surface area contributed by atoms with E-state index in [2.05, 4.69) is 29.2 Å². The molecule has 0 unspecified atom stereocenters. The van der Waals surface area contributed by atoms with Gasteiger partial charge in [-0.15, -0.1) is 0 Å². The van der Waals surface area contributed by atoms with Gasteiger partial charge < -0.3 is 9.84 Å². The smallest absolute Gasteiger partial charge is 0.0900 e. The molecule has 3 aliphatic rings. The van der Waals surface area contributed by atoms with Crippen LogP contribution in [-0.2, 0) is 17.7 Å². The first-order valence-electron chi connectivity index (χ1n) is 9.33. The van der Waals surface area contributed by atoms with Crippen LogP contribution in [-0.4, -0.2) is 42.4 Å². The highest BCUT2D eigenvalue weighted by molar-refractivity contribution is 5.29. The molecule has 1 N–H and O–H groups in total. The van der Waals surface area contributed by atoms with E-state index in [1.165, 1.54) is 36.8 Å². The largest absolute Gasteiger partial charge is 0.389 e. The summed E-state index contributed by atoms with van der Waals surface area (Å²) in [6.45, 7) is 4.08. The zero-order chi connectivity index (χ0) is 15.6. The molecule has 4 rings (SSSR count). The Hall–Kier alpha value is -0.900. The number of nitrogens with zero attached hydrogens (tertiary/aromatic N) is 1. The summed E-state index contributed by atoms with van der Waals surface area (Å²) in [6.07, 6.45) is 6.38. The Bertz CT molecular complexity index is 532. The fourth-order valence-electron chi connectivity index (χ4n) is 5.00. The summed E-state index contributed by atoms with van der Waals surface area (Å²) in [5.41, 5.74) is 2.87. The van der Waals surface area contributed by atoms with E-state index >= 15 is 0 Å². The number of ether oxygens (including phenoxy) is 1. The maximum atomic E-state index is 10.3. The van der Waals surface area contributed by atoms with Gasteiger partial charge in [-0.1, -0.05) is 30.7 Å². The lowest BCUT2D eigenvalue weighted by molar-refractivity contribution is -0.00387. The first kappa shape index (κ1) is 15.6. The van der Waals surface area contributed by atoms with Crippen LogP contribution in [0.3, 0.4) is 0 Å². The SMILES string of the molecule is O[C@H](COC[C@@H]1C[C@H]2CC[C@H]1C2)CN1CCc2ccccc2C1. The second kappa shape index (κ2) is 6.92. The third-order valence-electron chi connectivity index (χ3n) is 6.21. The molecule has 126 valence electrons. The molecule has 1 aromatic rings. The molecule has 1 aromatic carbocycles. The average Bonchev–Trinajstić information content (AvgIpc) is 3.18. The van der Waals surface area contributed by atoms with Crippen LogP contribution >= 0.6 is 0 Å². The van der Waals surface area contributed by atoms with Crippen LogP contribution in [0, 0.1) is 17.8 Å². The highest BCUT2D eigenvalue weighted by atomic mass is 16.5. The van der Waals surface area contributed by atoms with Crippen molar-refractivity contribution in [2.75, 3.05) is 26.3 Å². The molecule has 0 radical (unpaired) electrons. The van der Waals surface area contributed by atoms with Gasteiger partial charge in [0.15, 0.2) is 0 Å². The van der Waals surface area contributed by atoms with Crippen LogP contribution in [0.25, 0.3) is 0 Å². The summed E-state index contributed by atoms with van der Waals surface area (Å²) in [4.78, 5) is 2.36. The summed E-state index contributed by atoms with van der Waals surface area (Å²) in [7, 11) is 0. The average molecular weight is 315 g/mol. The molecule has 1 aliphatic heterocycles. The number of rotatable bonds is 6. The Morgan fingerprint density at radius 3 is 2.83 bits per heavy atom. The zero-order valence-corrected chi connectivity index (χ0v) is 14.0. The van der Waals surface area contributed by atoms with Crippen LogP contribution < -0.4 is 0 Å². The molecule has 2 saturated carbocycles. The minimum Gasteiger partial charge on any atom is -0.389 e. The highest BCUT2D eigenvalue weighted by Crippen LogP contribution is 2.48. The predicted molar refractivity (Wildman–Crippen MR) is 91.2 cm³/mol. The molecule has 4 atom stereocenters. The van der Waals surface area contributed by atoms with Gasteiger partial charge in [0, 0.05) is 26.2 Å². The quantitative estimate of drug-likeness (QED) is 0.876. The summed E-state index contributed by atoms with van der Waals surface area (Å²) in [5.74, 6) is 2.66. The number of fused-ring (bicyclic) bond motifs is 3. The molecule has 0 amide bonds. The first-order valence-corrected chi connectivity index (χ1v) is 9.33. The van der Waals surface area contributed by atoms with Crippen molar-refractivity contribution in [1.82, 2.24) is 4.90 Å². The molecule has 3 heteroatoms.